The second kappa shape index (κ2) is 8.43. The number of hydrogen-bond acceptors (Lipinski definition) is 6. The standard InChI is InChI=1S/C19H15FN4O2.Cl3OP/c1-10-16(11(2)26-23-10)13-6-14(20)17-18-19(13)25-8-15(24(18)9-22-17)12-4-3-5-21-7-12;1-5(2,3)4/h3-7,9,15H,8H2,1-2H3;. The topological polar surface area (TPSA) is 83.0 Å². The van der Waals surface area contributed by atoms with Crippen molar-refractivity contribution in [2.75, 3.05) is 6.61 Å². The third kappa shape index (κ3) is 4.44. The summed E-state index contributed by atoms with van der Waals surface area (Å²) in [6.07, 6.45) is 5.17. The van der Waals surface area contributed by atoms with Crippen molar-refractivity contribution in [1.29, 1.82) is 0 Å². The normalized spacial score (nSPS) is 15.4. The van der Waals surface area contributed by atoms with Gasteiger partial charge < -0.3 is 13.8 Å². The lowest BCUT2D eigenvalue weighted by molar-refractivity contribution is 0.259. The van der Waals surface area contributed by atoms with E-state index in [9.17, 15) is 8.96 Å². The molecule has 4 heterocycles. The van der Waals surface area contributed by atoms with Crippen LogP contribution in [0.15, 0.2) is 41.4 Å². The number of aromatic nitrogens is 4. The highest BCUT2D eigenvalue weighted by atomic mass is 36.0. The second-order valence-electron chi connectivity index (χ2n) is 6.80. The number of imidazole rings is 1. The molecule has 1 atom stereocenters. The molecule has 12 heteroatoms. The molecule has 1 aliphatic heterocycles. The van der Waals surface area contributed by atoms with Crippen molar-refractivity contribution in [3.05, 3.63) is 59.8 Å². The van der Waals surface area contributed by atoms with Crippen LogP contribution in [-0.2, 0) is 4.57 Å². The molecule has 31 heavy (non-hydrogen) atoms. The summed E-state index contributed by atoms with van der Waals surface area (Å²) < 4.78 is 37.6. The van der Waals surface area contributed by atoms with E-state index >= 15 is 0 Å². The monoisotopic (exact) mass is 502 g/mol. The number of hydrogen-bond donors (Lipinski definition) is 0. The summed E-state index contributed by atoms with van der Waals surface area (Å²) in [7, 11) is 0. The predicted octanol–water partition coefficient (Wildman–Crippen LogP) is 6.63. The van der Waals surface area contributed by atoms with Crippen molar-refractivity contribution in [3.8, 4) is 16.9 Å². The van der Waals surface area contributed by atoms with Gasteiger partial charge in [0.1, 0.15) is 23.4 Å². The van der Waals surface area contributed by atoms with Crippen LogP contribution in [0.25, 0.3) is 22.2 Å². The van der Waals surface area contributed by atoms with E-state index in [-0.39, 0.29) is 6.04 Å². The Morgan fingerprint density at radius 1 is 1.29 bits per heavy atom. The van der Waals surface area contributed by atoms with Crippen molar-refractivity contribution in [2.45, 2.75) is 19.9 Å². The summed E-state index contributed by atoms with van der Waals surface area (Å²) in [5.41, 5.74) is 4.01. The van der Waals surface area contributed by atoms with E-state index in [0.29, 0.717) is 40.4 Å². The van der Waals surface area contributed by atoms with Gasteiger partial charge in [-0.15, -0.1) is 0 Å². The lowest BCUT2D eigenvalue weighted by atomic mass is 10.00. The van der Waals surface area contributed by atoms with E-state index in [0.717, 1.165) is 11.1 Å². The first-order valence-electron chi connectivity index (χ1n) is 8.99. The zero-order valence-electron chi connectivity index (χ0n) is 16.2. The molecule has 1 unspecified atom stereocenters. The molecule has 0 aliphatic carbocycles. The van der Waals surface area contributed by atoms with Crippen LogP contribution >= 0.6 is 38.9 Å². The molecule has 5 rings (SSSR count). The quantitative estimate of drug-likeness (QED) is 0.285. The zero-order chi connectivity index (χ0) is 22.3. The van der Waals surface area contributed by atoms with Crippen molar-refractivity contribution in [3.63, 3.8) is 0 Å². The minimum absolute atomic E-state index is 0.111. The number of benzene rings is 1. The Kier molecular flexibility index (Phi) is 6.01. The van der Waals surface area contributed by atoms with Gasteiger partial charge in [-0.3, -0.25) is 9.55 Å². The number of ether oxygens (including phenoxy) is 1. The van der Waals surface area contributed by atoms with Gasteiger partial charge in [0, 0.05) is 18.0 Å². The Morgan fingerprint density at radius 2 is 2.03 bits per heavy atom. The Labute approximate surface area is 190 Å². The summed E-state index contributed by atoms with van der Waals surface area (Å²) in [4.78, 5) is 8.46. The van der Waals surface area contributed by atoms with Gasteiger partial charge in [0.05, 0.1) is 23.6 Å². The van der Waals surface area contributed by atoms with Crippen molar-refractivity contribution < 1.29 is 18.2 Å². The maximum atomic E-state index is 14.8. The molecular formula is C19H15Cl3FN4O3P. The molecule has 0 bridgehead atoms. The van der Waals surface area contributed by atoms with Gasteiger partial charge in [0.25, 0.3) is 0 Å². The van der Waals surface area contributed by atoms with Gasteiger partial charge >= 0.3 is 5.20 Å². The van der Waals surface area contributed by atoms with E-state index in [4.69, 9.17) is 9.26 Å². The number of pyridine rings is 1. The Morgan fingerprint density at radius 3 is 2.65 bits per heavy atom. The molecule has 3 aromatic heterocycles. The van der Waals surface area contributed by atoms with Gasteiger partial charge in [-0.25, -0.2) is 9.37 Å². The fraction of sp³-hybridized carbons (Fsp3) is 0.211. The molecule has 1 aromatic carbocycles. The SMILES string of the molecule is Cc1noc(C)c1-c1cc(F)c2ncn3c2c1OCC3c1cccnc1.O=P(Cl)(Cl)Cl. The lowest BCUT2D eigenvalue weighted by Gasteiger charge is -2.27. The highest BCUT2D eigenvalue weighted by Gasteiger charge is 2.30. The fourth-order valence-corrected chi connectivity index (χ4v) is 3.66. The third-order valence-electron chi connectivity index (χ3n) is 4.84. The molecule has 0 saturated heterocycles. The maximum Gasteiger partial charge on any atom is 0.339 e. The van der Waals surface area contributed by atoms with Crippen LogP contribution in [-0.4, -0.2) is 26.3 Å². The van der Waals surface area contributed by atoms with Gasteiger partial charge in [-0.2, -0.15) is 0 Å². The first kappa shape index (κ1) is 22.1. The predicted molar refractivity (Wildman–Crippen MR) is 118 cm³/mol. The molecule has 7 nitrogen and oxygen atoms in total. The fourth-order valence-electron chi connectivity index (χ4n) is 3.66. The average Bonchev–Trinajstić information content (AvgIpc) is 3.29. The number of aryl methyl sites for hydroxylation is 2. The number of rotatable bonds is 2. The third-order valence-corrected chi connectivity index (χ3v) is 4.84. The van der Waals surface area contributed by atoms with Crippen LogP contribution in [0.4, 0.5) is 4.39 Å². The second-order valence-corrected chi connectivity index (χ2v) is 13.4. The first-order valence-corrected chi connectivity index (χ1v) is 13.4. The minimum atomic E-state index is -3.22. The smallest absolute Gasteiger partial charge is 0.339 e. The number of halogens is 4. The van der Waals surface area contributed by atoms with Crippen molar-refractivity contribution in [1.82, 2.24) is 19.7 Å². The summed E-state index contributed by atoms with van der Waals surface area (Å²) in [5.74, 6) is 0.836. The van der Waals surface area contributed by atoms with Gasteiger partial charge in [-0.05, 0) is 65.3 Å². The molecule has 0 N–H and O–H groups in total. The molecule has 0 spiro atoms. The molecule has 162 valence electrons. The number of nitrogens with zero attached hydrogens (tertiary/aromatic N) is 4. The van der Waals surface area contributed by atoms with Gasteiger partial charge in [0.2, 0.25) is 0 Å². The van der Waals surface area contributed by atoms with Gasteiger partial charge in [0.15, 0.2) is 11.6 Å². The maximum absolute atomic E-state index is 14.8. The molecule has 4 aromatic rings. The van der Waals surface area contributed by atoms with E-state index in [1.54, 1.807) is 18.7 Å². The molecular weight excluding hydrogens is 489 g/mol. The van der Waals surface area contributed by atoms with Crippen LogP contribution in [0, 0.1) is 19.7 Å². The van der Waals surface area contributed by atoms with E-state index < -0.39 is 11.0 Å². The zero-order valence-corrected chi connectivity index (χ0v) is 19.4. The van der Waals surface area contributed by atoms with Gasteiger partial charge in [-0.1, -0.05) is 11.2 Å². The lowest BCUT2D eigenvalue weighted by Crippen LogP contribution is -2.23. The van der Waals surface area contributed by atoms with E-state index in [1.165, 1.54) is 6.07 Å². The molecule has 0 fully saturated rings. The molecule has 0 radical (unpaired) electrons. The minimum Gasteiger partial charge on any atom is -0.488 e. The van der Waals surface area contributed by atoms with Crippen LogP contribution in [0.2, 0.25) is 0 Å². The summed E-state index contributed by atoms with van der Waals surface area (Å²) in [6.45, 7) is 4.05. The highest BCUT2D eigenvalue weighted by molar-refractivity contribution is 8.24. The van der Waals surface area contributed by atoms with E-state index in [2.05, 4.69) is 48.8 Å². The first-order chi connectivity index (χ1) is 14.6. The summed E-state index contributed by atoms with van der Waals surface area (Å²) >= 11 is 13.8. The van der Waals surface area contributed by atoms with Crippen molar-refractivity contribution in [2.24, 2.45) is 0 Å². The Balaban J connectivity index is 0.000000418. The molecule has 0 amide bonds. The van der Waals surface area contributed by atoms with Crippen molar-refractivity contribution >= 4 is 50.0 Å². The van der Waals surface area contributed by atoms with Crippen LogP contribution in [0.1, 0.15) is 23.1 Å². The van der Waals surface area contributed by atoms with E-state index in [1.807, 2.05) is 30.5 Å². The highest BCUT2D eigenvalue weighted by Crippen LogP contribution is 2.61. The van der Waals surface area contributed by atoms with Crippen LogP contribution < -0.4 is 4.74 Å². The average molecular weight is 504 g/mol. The molecule has 1 aliphatic rings. The molecule has 0 saturated carbocycles. The largest absolute Gasteiger partial charge is 0.488 e. The summed E-state index contributed by atoms with van der Waals surface area (Å²) in [6, 6.07) is 5.19. The van der Waals surface area contributed by atoms with Crippen LogP contribution in [0.3, 0.4) is 0 Å². The summed E-state index contributed by atoms with van der Waals surface area (Å²) in [5, 5.41) is 0.762. The Bertz CT molecular complexity index is 1280. The van der Waals surface area contributed by atoms with Crippen LogP contribution in [0.5, 0.6) is 5.75 Å². The Hall–Kier alpha value is -2.12.